The minimum atomic E-state index is -5.61. The molecule has 0 bridgehead atoms. The Morgan fingerprint density at radius 1 is 0.565 bits per heavy atom. The summed E-state index contributed by atoms with van der Waals surface area (Å²) in [7, 11) is -5.61. The van der Waals surface area contributed by atoms with Gasteiger partial charge in [-0.3, -0.25) is 0 Å². The van der Waals surface area contributed by atoms with Crippen LogP contribution in [0.25, 0.3) is 0 Å². The Hall–Kier alpha value is -2.71. The van der Waals surface area contributed by atoms with Gasteiger partial charge in [-0.15, -0.1) is 0 Å². The van der Waals surface area contributed by atoms with Crippen LogP contribution in [0.1, 0.15) is 20.6 Å². The maximum atomic E-state index is 13.9. The summed E-state index contributed by atoms with van der Waals surface area (Å²) in [5.74, 6) is -3.34. The van der Waals surface area contributed by atoms with E-state index >= 15 is 0 Å². The number of hydrogen-bond acceptors (Lipinski definition) is 4. The van der Waals surface area contributed by atoms with Gasteiger partial charge in [-0.25, -0.2) is 0 Å². The lowest BCUT2D eigenvalue weighted by atomic mass is 10.3. The third-order valence-electron chi connectivity index (χ3n) is 2.04. The van der Waals surface area contributed by atoms with E-state index in [1.807, 2.05) is 0 Å². The first-order valence-corrected chi connectivity index (χ1v) is 7.30. The van der Waals surface area contributed by atoms with Crippen molar-refractivity contribution >= 4 is 7.82 Å². The minimum Gasteiger partial charge on any atom is -0.386 e. The molecule has 3 aromatic carbocycles. The van der Waals surface area contributed by atoms with Crippen LogP contribution in [-0.4, -0.2) is 0 Å². The van der Waals surface area contributed by atoms with E-state index in [1.165, 1.54) is 0 Å². The molecular formula is C18H15O4P. The number of para-hydroxylation sites is 3. The fraction of sp³-hybridized carbons (Fsp3) is 0. The second-order valence-corrected chi connectivity index (χ2v) is 5.03. The maximum Gasteiger partial charge on any atom is 0.647 e. The Labute approximate surface area is 156 Å². The maximum absolute atomic E-state index is 13.9. The lowest BCUT2D eigenvalue weighted by molar-refractivity contribution is 0.298. The Kier molecular flexibility index (Phi) is 1.66. The van der Waals surface area contributed by atoms with E-state index in [9.17, 15) is 4.57 Å². The van der Waals surface area contributed by atoms with Crippen molar-refractivity contribution in [3.05, 3.63) is 90.6 Å². The van der Waals surface area contributed by atoms with Crippen molar-refractivity contribution in [1.29, 1.82) is 0 Å². The molecule has 0 radical (unpaired) electrons. The zero-order valence-corrected chi connectivity index (χ0v) is 12.0. The molecule has 0 fully saturated rings. The van der Waals surface area contributed by atoms with Gasteiger partial charge in [0, 0.05) is 0 Å². The van der Waals surface area contributed by atoms with Crippen LogP contribution in [0.15, 0.2) is 90.6 Å². The summed E-state index contributed by atoms with van der Waals surface area (Å²) >= 11 is 0. The van der Waals surface area contributed by atoms with Crippen LogP contribution < -0.4 is 13.6 Å². The molecule has 0 atom stereocenters. The van der Waals surface area contributed by atoms with Crippen molar-refractivity contribution in [3.8, 4) is 17.2 Å². The lowest BCUT2D eigenvalue weighted by Gasteiger charge is -2.19. The smallest absolute Gasteiger partial charge is 0.386 e. The Morgan fingerprint density at radius 2 is 0.826 bits per heavy atom. The molecule has 0 spiro atoms. The van der Waals surface area contributed by atoms with Gasteiger partial charge in [0.05, 0.1) is 20.6 Å². The molecule has 5 heteroatoms. The fourth-order valence-corrected chi connectivity index (χ4v) is 2.30. The van der Waals surface area contributed by atoms with Crippen molar-refractivity contribution in [2.24, 2.45) is 0 Å². The Morgan fingerprint density at radius 3 is 1.09 bits per heavy atom. The molecule has 0 unspecified atom stereocenters. The highest BCUT2D eigenvalue weighted by Crippen LogP contribution is 2.49. The highest BCUT2D eigenvalue weighted by Gasteiger charge is 2.33. The largest absolute Gasteiger partial charge is 0.647 e. The van der Waals surface area contributed by atoms with Crippen molar-refractivity contribution < 1.29 is 38.7 Å². The van der Waals surface area contributed by atoms with Crippen molar-refractivity contribution in [1.82, 2.24) is 0 Å². The summed E-state index contributed by atoms with van der Waals surface area (Å²) in [6.45, 7) is 0. The zero-order valence-electron chi connectivity index (χ0n) is 26.1. The van der Waals surface area contributed by atoms with E-state index < -0.39 is 116 Å². The molecule has 3 rings (SSSR count). The van der Waals surface area contributed by atoms with E-state index in [2.05, 4.69) is 0 Å². The van der Waals surface area contributed by atoms with Gasteiger partial charge in [-0.2, -0.15) is 4.57 Å². The topological polar surface area (TPSA) is 44.8 Å². The molecule has 0 saturated carbocycles. The molecule has 116 valence electrons. The number of benzene rings is 3. The van der Waals surface area contributed by atoms with Crippen LogP contribution in [0.2, 0.25) is 0 Å². The number of hydrogen-bond donors (Lipinski definition) is 0. The highest BCUT2D eigenvalue weighted by atomic mass is 31.2. The monoisotopic (exact) mass is 341 g/mol. The van der Waals surface area contributed by atoms with Gasteiger partial charge in [0.25, 0.3) is 0 Å². The first-order chi connectivity index (χ1) is 17.4. The van der Waals surface area contributed by atoms with Crippen molar-refractivity contribution in [2.75, 3.05) is 0 Å². The van der Waals surface area contributed by atoms with Crippen LogP contribution in [0.4, 0.5) is 0 Å². The van der Waals surface area contributed by atoms with Gasteiger partial charge in [0.2, 0.25) is 0 Å². The third-order valence-corrected chi connectivity index (χ3v) is 3.26. The molecule has 0 amide bonds. The summed E-state index contributed by atoms with van der Waals surface area (Å²) in [6, 6.07) is -14.4. The van der Waals surface area contributed by atoms with E-state index in [0.29, 0.717) is 0 Å². The normalized spacial score (nSPS) is 19.9. The Balaban J connectivity index is 2.31. The van der Waals surface area contributed by atoms with Gasteiger partial charge in [0.1, 0.15) is 17.2 Å². The van der Waals surface area contributed by atoms with Gasteiger partial charge < -0.3 is 13.6 Å². The number of rotatable bonds is 6. The lowest BCUT2D eigenvalue weighted by Crippen LogP contribution is -2.07. The van der Waals surface area contributed by atoms with Crippen LogP contribution in [-0.2, 0) is 4.57 Å². The van der Waals surface area contributed by atoms with Gasteiger partial charge >= 0.3 is 7.82 Å². The van der Waals surface area contributed by atoms with Crippen LogP contribution >= 0.6 is 7.82 Å². The first-order valence-electron chi connectivity index (χ1n) is 13.3. The number of phosphoric acid groups is 1. The molecule has 4 nitrogen and oxygen atoms in total. The van der Waals surface area contributed by atoms with E-state index in [1.54, 1.807) is 0 Å². The fourth-order valence-electron chi connectivity index (χ4n) is 1.24. The van der Waals surface area contributed by atoms with Crippen LogP contribution in [0, 0.1) is 0 Å². The molecule has 0 N–H and O–H groups in total. The van der Waals surface area contributed by atoms with E-state index in [4.69, 9.17) is 34.1 Å². The molecule has 23 heavy (non-hydrogen) atoms. The molecule has 0 aliphatic rings. The average Bonchev–Trinajstić information content (AvgIpc) is 2.89. The SMILES string of the molecule is [2H]c1c([2H])c([2H])c(OP(=O)(Oc2c([2H])c([2H])c([2H])c([2H])c2[2H])Oc2c([2H])c([2H])c([2H])c([2H])c2[2H])c([2H])c1[2H]. The molecule has 0 aliphatic carbocycles. The predicted octanol–water partition coefficient (Wildman–Crippen LogP) is 5.33. The second-order valence-electron chi connectivity index (χ2n) is 3.58. The van der Waals surface area contributed by atoms with E-state index in [-0.39, 0.29) is 0 Å². The molecule has 0 aliphatic heterocycles. The summed E-state index contributed by atoms with van der Waals surface area (Å²) < 4.78 is 147. The zero-order chi connectivity index (χ0) is 29.0. The average molecular weight is 341 g/mol. The van der Waals surface area contributed by atoms with Gasteiger partial charge in [0.15, 0.2) is 0 Å². The quantitative estimate of drug-likeness (QED) is 0.568. The Bertz CT molecular complexity index is 1280. The van der Waals surface area contributed by atoms with E-state index in [0.717, 1.165) is 0 Å². The van der Waals surface area contributed by atoms with Gasteiger partial charge in [-0.1, -0.05) is 54.4 Å². The van der Waals surface area contributed by atoms with Crippen molar-refractivity contribution in [3.63, 3.8) is 0 Å². The summed E-state index contributed by atoms with van der Waals surface area (Å²) in [6.07, 6.45) is 0. The first kappa shape index (κ1) is 5.43. The third kappa shape index (κ3) is 4.38. The summed E-state index contributed by atoms with van der Waals surface area (Å²) in [4.78, 5) is 0. The minimum absolute atomic E-state index is 0.847. The molecule has 0 saturated heterocycles. The standard InChI is InChI=1S/C18H15O4P/c19-23(20-16-10-4-1-5-11-16,21-17-12-6-2-7-13-17)22-18-14-8-3-9-15-18/h1-15H/i1D,2D,3D,4D,5D,6D,7D,8D,9D,10D,11D,12D,13D,14D,15D. The van der Waals surface area contributed by atoms with Crippen molar-refractivity contribution in [2.45, 2.75) is 0 Å². The highest BCUT2D eigenvalue weighted by molar-refractivity contribution is 7.49. The molecular weight excluding hydrogens is 311 g/mol. The summed E-state index contributed by atoms with van der Waals surface area (Å²) in [5.41, 5.74) is 0. The summed E-state index contributed by atoms with van der Waals surface area (Å²) in [5, 5.41) is 0. The predicted molar refractivity (Wildman–Crippen MR) is 88.8 cm³/mol. The number of phosphoric ester groups is 1. The van der Waals surface area contributed by atoms with Crippen LogP contribution in [0.3, 0.4) is 0 Å². The molecule has 0 heterocycles. The molecule has 0 aromatic heterocycles. The van der Waals surface area contributed by atoms with Crippen LogP contribution in [0.5, 0.6) is 17.2 Å². The second kappa shape index (κ2) is 7.03. The van der Waals surface area contributed by atoms with Gasteiger partial charge in [-0.05, 0) is 36.3 Å². The molecule has 3 aromatic rings.